The third-order valence-electron chi connectivity index (χ3n) is 2.30. The van der Waals surface area contributed by atoms with Crippen LogP contribution >= 0.6 is 0 Å². The molecule has 4 nitrogen and oxygen atoms in total. The second kappa shape index (κ2) is 4.65. The SMILES string of the molecule is Cc1ccc(O)c(/N=N/c2ccc(N)cc2)c1. The molecule has 86 valence electrons. The van der Waals surface area contributed by atoms with E-state index in [0.29, 0.717) is 17.1 Å². The maximum absolute atomic E-state index is 9.58. The Balaban J connectivity index is 2.25. The van der Waals surface area contributed by atoms with E-state index in [1.807, 2.05) is 13.0 Å². The highest BCUT2D eigenvalue weighted by Gasteiger charge is 1.99. The summed E-state index contributed by atoms with van der Waals surface area (Å²) in [6.07, 6.45) is 0. The van der Waals surface area contributed by atoms with Crippen molar-refractivity contribution in [2.24, 2.45) is 10.2 Å². The standard InChI is InChI=1S/C13H13N3O/c1-9-2-7-13(17)12(8-9)16-15-11-5-3-10(14)4-6-11/h2-8,17H,14H2,1H3/b16-15+. The van der Waals surface area contributed by atoms with E-state index in [4.69, 9.17) is 5.73 Å². The highest BCUT2D eigenvalue weighted by atomic mass is 16.3. The highest BCUT2D eigenvalue weighted by Crippen LogP contribution is 2.28. The molecule has 0 aliphatic carbocycles. The van der Waals surface area contributed by atoms with Gasteiger partial charge in [-0.15, -0.1) is 5.11 Å². The topological polar surface area (TPSA) is 71.0 Å². The van der Waals surface area contributed by atoms with Crippen molar-refractivity contribution >= 4 is 17.1 Å². The number of phenolic OH excluding ortho intramolecular Hbond substituents is 1. The summed E-state index contributed by atoms with van der Waals surface area (Å²) in [6, 6.07) is 12.2. The summed E-state index contributed by atoms with van der Waals surface area (Å²) in [6.45, 7) is 1.93. The zero-order valence-electron chi connectivity index (χ0n) is 9.46. The van der Waals surface area contributed by atoms with Gasteiger partial charge < -0.3 is 10.8 Å². The number of aryl methyl sites for hydroxylation is 1. The first kappa shape index (κ1) is 11.1. The summed E-state index contributed by atoms with van der Waals surface area (Å²) >= 11 is 0. The Morgan fingerprint density at radius 2 is 1.71 bits per heavy atom. The molecule has 2 aromatic carbocycles. The van der Waals surface area contributed by atoms with E-state index < -0.39 is 0 Å². The molecule has 0 heterocycles. The summed E-state index contributed by atoms with van der Waals surface area (Å²) in [5, 5.41) is 17.6. The van der Waals surface area contributed by atoms with Crippen LogP contribution < -0.4 is 5.73 Å². The molecule has 0 unspecified atom stereocenters. The lowest BCUT2D eigenvalue weighted by atomic mass is 10.2. The molecule has 0 radical (unpaired) electrons. The fraction of sp³-hybridized carbons (Fsp3) is 0.0769. The van der Waals surface area contributed by atoms with E-state index in [1.54, 1.807) is 36.4 Å². The third-order valence-corrected chi connectivity index (χ3v) is 2.30. The molecule has 4 heteroatoms. The van der Waals surface area contributed by atoms with Crippen molar-refractivity contribution < 1.29 is 5.11 Å². The Labute approximate surface area is 99.4 Å². The van der Waals surface area contributed by atoms with Crippen LogP contribution in [0.25, 0.3) is 0 Å². The van der Waals surface area contributed by atoms with Gasteiger partial charge in [-0.05, 0) is 48.9 Å². The van der Waals surface area contributed by atoms with Crippen LogP contribution in [0.2, 0.25) is 0 Å². The van der Waals surface area contributed by atoms with Crippen LogP contribution in [0.15, 0.2) is 52.7 Å². The van der Waals surface area contributed by atoms with E-state index >= 15 is 0 Å². The summed E-state index contributed by atoms with van der Waals surface area (Å²) in [5.41, 5.74) is 8.43. The van der Waals surface area contributed by atoms with Gasteiger partial charge in [0.1, 0.15) is 11.4 Å². The fourth-order valence-electron chi connectivity index (χ4n) is 1.37. The quantitative estimate of drug-likeness (QED) is 0.606. The molecule has 0 aliphatic rings. The average molecular weight is 227 g/mol. The largest absolute Gasteiger partial charge is 0.506 e. The van der Waals surface area contributed by atoms with Gasteiger partial charge >= 0.3 is 0 Å². The molecule has 0 spiro atoms. The molecule has 0 amide bonds. The minimum Gasteiger partial charge on any atom is -0.506 e. The number of anilines is 1. The first-order chi connectivity index (χ1) is 8.15. The summed E-state index contributed by atoms with van der Waals surface area (Å²) in [7, 11) is 0. The van der Waals surface area contributed by atoms with Gasteiger partial charge in [-0.2, -0.15) is 5.11 Å². The second-order valence-corrected chi connectivity index (χ2v) is 3.78. The highest BCUT2D eigenvalue weighted by molar-refractivity contribution is 5.53. The normalized spacial score (nSPS) is 10.9. The van der Waals surface area contributed by atoms with Gasteiger partial charge in [-0.25, -0.2) is 0 Å². The maximum atomic E-state index is 9.58. The smallest absolute Gasteiger partial charge is 0.143 e. The molecule has 0 saturated carbocycles. The van der Waals surface area contributed by atoms with Gasteiger partial charge in [0.15, 0.2) is 0 Å². The van der Waals surface area contributed by atoms with Crippen molar-refractivity contribution in [3.8, 4) is 5.75 Å². The van der Waals surface area contributed by atoms with E-state index in [-0.39, 0.29) is 5.75 Å². The van der Waals surface area contributed by atoms with Gasteiger partial charge in [0.2, 0.25) is 0 Å². The van der Waals surface area contributed by atoms with Crippen molar-refractivity contribution in [3.63, 3.8) is 0 Å². The number of hydrogen-bond acceptors (Lipinski definition) is 4. The molecular formula is C13H13N3O. The minimum atomic E-state index is 0.120. The van der Waals surface area contributed by atoms with Crippen LogP contribution in [-0.2, 0) is 0 Å². The van der Waals surface area contributed by atoms with E-state index in [0.717, 1.165) is 5.56 Å². The van der Waals surface area contributed by atoms with Crippen LogP contribution in [0.4, 0.5) is 17.1 Å². The van der Waals surface area contributed by atoms with E-state index in [9.17, 15) is 5.11 Å². The number of nitrogens with zero attached hydrogens (tertiary/aromatic N) is 2. The summed E-state index contributed by atoms with van der Waals surface area (Å²) in [5.74, 6) is 0.120. The van der Waals surface area contributed by atoms with Gasteiger partial charge in [-0.1, -0.05) is 6.07 Å². The number of hydrogen-bond donors (Lipinski definition) is 2. The van der Waals surface area contributed by atoms with Gasteiger partial charge in [0.25, 0.3) is 0 Å². The van der Waals surface area contributed by atoms with Crippen LogP contribution in [0.5, 0.6) is 5.75 Å². The molecule has 0 saturated heterocycles. The number of aromatic hydroxyl groups is 1. The van der Waals surface area contributed by atoms with Crippen LogP contribution in [-0.4, -0.2) is 5.11 Å². The Kier molecular flexibility index (Phi) is 3.05. The predicted octanol–water partition coefficient (Wildman–Crippen LogP) is 3.70. The van der Waals surface area contributed by atoms with Gasteiger partial charge in [0, 0.05) is 5.69 Å². The molecule has 2 aromatic rings. The molecule has 0 aliphatic heterocycles. The maximum Gasteiger partial charge on any atom is 0.143 e. The number of nitrogen functional groups attached to an aromatic ring is 1. The Morgan fingerprint density at radius 3 is 2.41 bits per heavy atom. The number of phenols is 1. The lowest BCUT2D eigenvalue weighted by molar-refractivity contribution is 0.476. The fourth-order valence-corrected chi connectivity index (χ4v) is 1.37. The Morgan fingerprint density at radius 1 is 1.00 bits per heavy atom. The average Bonchev–Trinajstić information content (AvgIpc) is 2.32. The minimum absolute atomic E-state index is 0.120. The van der Waals surface area contributed by atoms with E-state index in [1.165, 1.54) is 0 Å². The number of nitrogens with two attached hydrogens (primary N) is 1. The van der Waals surface area contributed by atoms with Crippen LogP contribution in [0.1, 0.15) is 5.56 Å². The second-order valence-electron chi connectivity index (χ2n) is 3.78. The van der Waals surface area contributed by atoms with Crippen molar-refractivity contribution in [1.82, 2.24) is 0 Å². The Bertz CT molecular complexity index is 547. The Hall–Kier alpha value is -2.36. The molecule has 0 atom stereocenters. The van der Waals surface area contributed by atoms with Crippen molar-refractivity contribution in [2.75, 3.05) is 5.73 Å². The van der Waals surface area contributed by atoms with Gasteiger partial charge in [0.05, 0.1) is 5.69 Å². The van der Waals surface area contributed by atoms with Crippen LogP contribution in [0.3, 0.4) is 0 Å². The summed E-state index contributed by atoms with van der Waals surface area (Å²) in [4.78, 5) is 0. The number of azo groups is 1. The molecule has 0 fully saturated rings. The van der Waals surface area contributed by atoms with E-state index in [2.05, 4.69) is 10.2 Å². The van der Waals surface area contributed by atoms with Crippen molar-refractivity contribution in [3.05, 3.63) is 48.0 Å². The molecular weight excluding hydrogens is 214 g/mol. The predicted molar refractivity (Wildman–Crippen MR) is 67.9 cm³/mol. The lowest BCUT2D eigenvalue weighted by Gasteiger charge is -1.99. The molecule has 2 rings (SSSR count). The molecule has 3 N–H and O–H groups in total. The summed E-state index contributed by atoms with van der Waals surface area (Å²) < 4.78 is 0. The van der Waals surface area contributed by atoms with Crippen molar-refractivity contribution in [2.45, 2.75) is 6.92 Å². The first-order valence-corrected chi connectivity index (χ1v) is 5.22. The molecule has 0 aromatic heterocycles. The lowest BCUT2D eigenvalue weighted by Crippen LogP contribution is -1.80. The first-order valence-electron chi connectivity index (χ1n) is 5.22. The van der Waals surface area contributed by atoms with Gasteiger partial charge in [-0.3, -0.25) is 0 Å². The molecule has 17 heavy (non-hydrogen) atoms. The molecule has 0 bridgehead atoms. The third kappa shape index (κ3) is 2.81. The zero-order valence-corrected chi connectivity index (χ0v) is 9.46. The number of benzene rings is 2. The number of rotatable bonds is 2. The van der Waals surface area contributed by atoms with Crippen molar-refractivity contribution in [1.29, 1.82) is 0 Å². The zero-order chi connectivity index (χ0) is 12.3. The monoisotopic (exact) mass is 227 g/mol. The van der Waals surface area contributed by atoms with Crippen LogP contribution in [0, 0.1) is 6.92 Å².